The lowest BCUT2D eigenvalue weighted by atomic mass is 9.79. The summed E-state index contributed by atoms with van der Waals surface area (Å²) in [5.74, 6) is 0. The van der Waals surface area contributed by atoms with E-state index in [4.69, 9.17) is 4.42 Å². The van der Waals surface area contributed by atoms with E-state index in [1.54, 1.807) is 12.5 Å². The standard InChI is InChI=1S/C17H23NO/c1-14(18-12-15-9-10-19-13-15)11-17(2,3)16-7-5-4-6-8-16/h4-10,13-14,18H,11-12H2,1-3H3. The summed E-state index contributed by atoms with van der Waals surface area (Å²) in [7, 11) is 0. The third-order valence-corrected chi connectivity index (χ3v) is 3.61. The van der Waals surface area contributed by atoms with Gasteiger partial charge in [-0.1, -0.05) is 44.2 Å². The first-order chi connectivity index (χ1) is 9.08. The Morgan fingerprint density at radius 1 is 1.16 bits per heavy atom. The van der Waals surface area contributed by atoms with Gasteiger partial charge in [0.25, 0.3) is 0 Å². The highest BCUT2D eigenvalue weighted by molar-refractivity contribution is 5.23. The summed E-state index contributed by atoms with van der Waals surface area (Å²) in [6.07, 6.45) is 4.62. The van der Waals surface area contributed by atoms with Crippen molar-refractivity contribution in [3.8, 4) is 0 Å². The summed E-state index contributed by atoms with van der Waals surface area (Å²) < 4.78 is 5.08. The fraction of sp³-hybridized carbons (Fsp3) is 0.412. The van der Waals surface area contributed by atoms with Crippen LogP contribution in [-0.4, -0.2) is 6.04 Å². The SMILES string of the molecule is CC(CC(C)(C)c1ccccc1)NCc1ccoc1. The van der Waals surface area contributed by atoms with E-state index in [0.29, 0.717) is 6.04 Å². The van der Waals surface area contributed by atoms with Gasteiger partial charge in [0.1, 0.15) is 0 Å². The van der Waals surface area contributed by atoms with E-state index >= 15 is 0 Å². The molecule has 1 aromatic heterocycles. The molecule has 1 unspecified atom stereocenters. The van der Waals surface area contributed by atoms with Gasteiger partial charge >= 0.3 is 0 Å². The van der Waals surface area contributed by atoms with Crippen LogP contribution in [0.5, 0.6) is 0 Å². The molecule has 2 heteroatoms. The second-order valence-electron chi connectivity index (χ2n) is 5.87. The highest BCUT2D eigenvalue weighted by atomic mass is 16.3. The Hall–Kier alpha value is -1.54. The van der Waals surface area contributed by atoms with Crippen LogP contribution < -0.4 is 5.32 Å². The van der Waals surface area contributed by atoms with Gasteiger partial charge in [-0.25, -0.2) is 0 Å². The van der Waals surface area contributed by atoms with Gasteiger partial charge in [-0.15, -0.1) is 0 Å². The van der Waals surface area contributed by atoms with Crippen molar-refractivity contribution in [1.29, 1.82) is 0 Å². The zero-order chi connectivity index (χ0) is 13.7. The number of nitrogens with one attached hydrogen (secondary N) is 1. The van der Waals surface area contributed by atoms with Crippen LogP contribution in [0.1, 0.15) is 38.3 Å². The highest BCUT2D eigenvalue weighted by Gasteiger charge is 2.22. The molecule has 2 rings (SSSR count). The molecule has 1 aromatic carbocycles. The molecule has 2 aromatic rings. The fourth-order valence-electron chi connectivity index (χ4n) is 2.53. The van der Waals surface area contributed by atoms with Crippen LogP contribution in [0, 0.1) is 0 Å². The van der Waals surface area contributed by atoms with Crippen LogP contribution in [0.25, 0.3) is 0 Å². The van der Waals surface area contributed by atoms with Gasteiger partial charge in [0.2, 0.25) is 0 Å². The number of benzene rings is 1. The van der Waals surface area contributed by atoms with Crippen molar-refractivity contribution in [1.82, 2.24) is 5.32 Å². The van der Waals surface area contributed by atoms with Crippen LogP contribution in [0.3, 0.4) is 0 Å². The summed E-state index contributed by atoms with van der Waals surface area (Å²) in [6, 6.07) is 13.2. The maximum atomic E-state index is 5.08. The fourth-order valence-corrected chi connectivity index (χ4v) is 2.53. The average Bonchev–Trinajstić information content (AvgIpc) is 2.90. The molecule has 102 valence electrons. The van der Waals surface area contributed by atoms with Crippen molar-refractivity contribution in [3.05, 3.63) is 60.1 Å². The van der Waals surface area contributed by atoms with Gasteiger partial charge in [0.05, 0.1) is 12.5 Å². The van der Waals surface area contributed by atoms with E-state index in [1.807, 2.05) is 6.07 Å². The molecule has 0 bridgehead atoms. The van der Waals surface area contributed by atoms with Crippen LogP contribution in [0.2, 0.25) is 0 Å². The molecular formula is C17H23NO. The van der Waals surface area contributed by atoms with Crippen LogP contribution >= 0.6 is 0 Å². The Labute approximate surface area is 115 Å². The first-order valence-electron chi connectivity index (χ1n) is 6.88. The predicted molar refractivity (Wildman–Crippen MR) is 79.1 cm³/mol. The third kappa shape index (κ3) is 3.97. The zero-order valence-corrected chi connectivity index (χ0v) is 12.0. The number of furan rings is 1. The second kappa shape index (κ2) is 6.07. The first-order valence-corrected chi connectivity index (χ1v) is 6.88. The Morgan fingerprint density at radius 3 is 2.53 bits per heavy atom. The lowest BCUT2D eigenvalue weighted by molar-refractivity contribution is 0.387. The Kier molecular flexibility index (Phi) is 4.43. The summed E-state index contributed by atoms with van der Waals surface area (Å²) in [4.78, 5) is 0. The molecule has 0 aliphatic heterocycles. The van der Waals surface area contributed by atoms with Crippen molar-refractivity contribution in [2.45, 2.75) is 45.2 Å². The lowest BCUT2D eigenvalue weighted by Crippen LogP contribution is -2.32. The monoisotopic (exact) mass is 257 g/mol. The first kappa shape index (κ1) is 13.9. The minimum absolute atomic E-state index is 0.185. The van der Waals surface area contributed by atoms with Gasteiger partial charge in [0, 0.05) is 18.2 Å². The van der Waals surface area contributed by atoms with Crippen molar-refractivity contribution >= 4 is 0 Å². The molecule has 0 saturated carbocycles. The van der Waals surface area contributed by atoms with Crippen LogP contribution in [-0.2, 0) is 12.0 Å². The maximum Gasteiger partial charge on any atom is 0.0947 e. The molecule has 2 nitrogen and oxygen atoms in total. The molecule has 0 saturated heterocycles. The summed E-state index contributed by atoms with van der Waals surface area (Å²) >= 11 is 0. The highest BCUT2D eigenvalue weighted by Crippen LogP contribution is 2.28. The summed E-state index contributed by atoms with van der Waals surface area (Å²) in [5, 5.41) is 3.55. The quantitative estimate of drug-likeness (QED) is 0.842. The Morgan fingerprint density at radius 2 is 1.89 bits per heavy atom. The molecule has 0 fully saturated rings. The van der Waals surface area contributed by atoms with Crippen molar-refractivity contribution in [2.75, 3.05) is 0 Å². The average molecular weight is 257 g/mol. The van der Waals surface area contributed by atoms with Gasteiger partial charge in [-0.2, -0.15) is 0 Å². The van der Waals surface area contributed by atoms with E-state index in [9.17, 15) is 0 Å². The number of hydrogen-bond acceptors (Lipinski definition) is 2. The minimum Gasteiger partial charge on any atom is -0.472 e. The maximum absolute atomic E-state index is 5.08. The normalized spacial score (nSPS) is 13.4. The minimum atomic E-state index is 0.185. The summed E-state index contributed by atoms with van der Waals surface area (Å²) in [6.45, 7) is 7.71. The van der Waals surface area contributed by atoms with Gasteiger partial charge in [0.15, 0.2) is 0 Å². The van der Waals surface area contributed by atoms with Crippen LogP contribution in [0.15, 0.2) is 53.3 Å². The summed E-state index contributed by atoms with van der Waals surface area (Å²) in [5.41, 5.74) is 2.78. The second-order valence-corrected chi connectivity index (χ2v) is 5.87. The molecule has 1 N–H and O–H groups in total. The zero-order valence-electron chi connectivity index (χ0n) is 12.0. The predicted octanol–water partition coefficient (Wildman–Crippen LogP) is 4.13. The van der Waals surface area contributed by atoms with E-state index in [0.717, 1.165) is 13.0 Å². The molecule has 0 spiro atoms. The van der Waals surface area contributed by atoms with E-state index in [2.05, 4.69) is 56.4 Å². The molecule has 1 atom stereocenters. The van der Waals surface area contributed by atoms with Crippen molar-refractivity contribution in [2.24, 2.45) is 0 Å². The molecule has 1 heterocycles. The van der Waals surface area contributed by atoms with Crippen molar-refractivity contribution in [3.63, 3.8) is 0 Å². The molecule has 0 aliphatic carbocycles. The van der Waals surface area contributed by atoms with E-state index in [1.165, 1.54) is 11.1 Å². The number of hydrogen-bond donors (Lipinski definition) is 1. The van der Waals surface area contributed by atoms with E-state index in [-0.39, 0.29) is 5.41 Å². The smallest absolute Gasteiger partial charge is 0.0947 e. The van der Waals surface area contributed by atoms with Crippen LogP contribution in [0.4, 0.5) is 0 Å². The Bertz CT molecular complexity index is 473. The third-order valence-electron chi connectivity index (χ3n) is 3.61. The molecule has 19 heavy (non-hydrogen) atoms. The number of rotatable bonds is 6. The lowest BCUT2D eigenvalue weighted by Gasteiger charge is -2.29. The van der Waals surface area contributed by atoms with Gasteiger partial charge < -0.3 is 9.73 Å². The van der Waals surface area contributed by atoms with E-state index < -0.39 is 0 Å². The molecule has 0 amide bonds. The van der Waals surface area contributed by atoms with Gasteiger partial charge in [-0.3, -0.25) is 0 Å². The topological polar surface area (TPSA) is 25.2 Å². The van der Waals surface area contributed by atoms with Gasteiger partial charge in [-0.05, 0) is 30.4 Å². The molecule has 0 aliphatic rings. The van der Waals surface area contributed by atoms with Crippen molar-refractivity contribution < 1.29 is 4.42 Å². The largest absolute Gasteiger partial charge is 0.472 e. The Balaban J connectivity index is 1.89. The molecule has 0 radical (unpaired) electrons. The molecular weight excluding hydrogens is 234 g/mol.